The molecule has 1 aliphatic heterocycles. The first-order valence-electron chi connectivity index (χ1n) is 5.85. The Labute approximate surface area is 124 Å². The lowest BCUT2D eigenvalue weighted by Gasteiger charge is -2.27. The van der Waals surface area contributed by atoms with E-state index in [1.165, 1.54) is 29.7 Å². The van der Waals surface area contributed by atoms with Crippen LogP contribution in [0.1, 0.15) is 29.7 Å². The van der Waals surface area contributed by atoms with E-state index in [0.29, 0.717) is 5.96 Å². The molecule has 0 unspecified atom stereocenters. The summed E-state index contributed by atoms with van der Waals surface area (Å²) in [6, 6.07) is 2.13. The molecule has 17 heavy (non-hydrogen) atoms. The van der Waals surface area contributed by atoms with Gasteiger partial charge in [0.25, 0.3) is 0 Å². The van der Waals surface area contributed by atoms with Gasteiger partial charge in [0.15, 0.2) is 5.96 Å². The normalized spacial score (nSPS) is 16.8. The molecule has 0 radical (unpaired) electrons. The molecule has 0 spiro atoms. The van der Waals surface area contributed by atoms with E-state index in [2.05, 4.69) is 28.3 Å². The molecule has 0 amide bonds. The highest BCUT2D eigenvalue weighted by molar-refractivity contribution is 14.0. The summed E-state index contributed by atoms with van der Waals surface area (Å²) < 4.78 is 0. The Morgan fingerprint density at radius 1 is 1.41 bits per heavy atom. The van der Waals surface area contributed by atoms with Gasteiger partial charge < -0.3 is 10.6 Å². The van der Waals surface area contributed by atoms with Gasteiger partial charge in [0.1, 0.15) is 0 Å². The van der Waals surface area contributed by atoms with Crippen molar-refractivity contribution in [3.05, 3.63) is 21.9 Å². The molecule has 0 saturated carbocycles. The number of guanidine groups is 1. The Hall–Kier alpha value is -0.300. The van der Waals surface area contributed by atoms with E-state index in [1.54, 1.807) is 11.3 Å². The monoisotopic (exact) mass is 365 g/mol. The van der Waals surface area contributed by atoms with Crippen LogP contribution < -0.4 is 5.73 Å². The highest BCUT2D eigenvalue weighted by Crippen LogP contribution is 2.16. The fraction of sp³-hybridized carbons (Fsp3) is 0.583. The van der Waals surface area contributed by atoms with E-state index in [9.17, 15) is 0 Å². The lowest BCUT2D eigenvalue weighted by Crippen LogP contribution is -2.40. The Kier molecular flexibility index (Phi) is 6.26. The van der Waals surface area contributed by atoms with Crippen molar-refractivity contribution in [1.82, 2.24) is 4.90 Å². The van der Waals surface area contributed by atoms with Crippen LogP contribution in [0.4, 0.5) is 0 Å². The van der Waals surface area contributed by atoms with E-state index in [0.717, 1.165) is 19.6 Å². The van der Waals surface area contributed by atoms with Crippen molar-refractivity contribution in [3.8, 4) is 0 Å². The predicted octanol–water partition coefficient (Wildman–Crippen LogP) is 2.98. The van der Waals surface area contributed by atoms with Crippen LogP contribution in [-0.4, -0.2) is 23.9 Å². The molecule has 0 bridgehead atoms. The van der Waals surface area contributed by atoms with Crippen molar-refractivity contribution in [2.24, 2.45) is 10.7 Å². The van der Waals surface area contributed by atoms with Crippen molar-refractivity contribution in [2.75, 3.05) is 13.1 Å². The molecule has 0 aromatic carbocycles. The van der Waals surface area contributed by atoms with Crippen molar-refractivity contribution in [2.45, 2.75) is 32.7 Å². The van der Waals surface area contributed by atoms with E-state index in [-0.39, 0.29) is 24.0 Å². The van der Waals surface area contributed by atoms with E-state index in [4.69, 9.17) is 5.73 Å². The zero-order chi connectivity index (χ0) is 11.4. The number of aliphatic imine (C=N–C) groups is 1. The van der Waals surface area contributed by atoms with Gasteiger partial charge in [0.05, 0.1) is 6.54 Å². The number of rotatable bonds is 2. The summed E-state index contributed by atoms with van der Waals surface area (Å²) >= 11 is 1.76. The van der Waals surface area contributed by atoms with Gasteiger partial charge in [0.2, 0.25) is 0 Å². The Morgan fingerprint density at radius 3 is 2.71 bits per heavy atom. The molecule has 96 valence electrons. The van der Waals surface area contributed by atoms with Crippen LogP contribution in [0.25, 0.3) is 0 Å². The van der Waals surface area contributed by atoms with Crippen LogP contribution in [0, 0.1) is 6.92 Å². The van der Waals surface area contributed by atoms with Gasteiger partial charge in [-0.25, -0.2) is 4.99 Å². The lowest BCUT2D eigenvalue weighted by molar-refractivity contribution is 0.338. The van der Waals surface area contributed by atoms with Gasteiger partial charge in [-0.1, -0.05) is 0 Å². The zero-order valence-corrected chi connectivity index (χ0v) is 13.3. The van der Waals surface area contributed by atoms with Crippen LogP contribution >= 0.6 is 35.3 Å². The second-order valence-electron chi connectivity index (χ2n) is 4.25. The molecule has 1 aliphatic rings. The Bertz CT molecular complexity index is 370. The topological polar surface area (TPSA) is 41.6 Å². The molecule has 2 heterocycles. The summed E-state index contributed by atoms with van der Waals surface area (Å²) in [6.07, 6.45) is 3.82. The SMILES string of the molecule is Cc1ccsc1CN=C(N)N1CCCCC1.I. The Morgan fingerprint density at radius 2 is 2.12 bits per heavy atom. The standard InChI is InChI=1S/C12H19N3S.HI/c1-10-5-8-16-11(10)9-14-12(13)15-6-3-2-4-7-15;/h5,8H,2-4,6-7,9H2,1H3,(H2,13,14);1H. The van der Waals surface area contributed by atoms with Crippen molar-refractivity contribution in [3.63, 3.8) is 0 Å². The fourth-order valence-electron chi connectivity index (χ4n) is 1.94. The molecule has 3 nitrogen and oxygen atoms in total. The Balaban J connectivity index is 0.00000144. The molecule has 1 saturated heterocycles. The summed E-state index contributed by atoms with van der Waals surface area (Å²) in [5, 5.41) is 2.11. The summed E-state index contributed by atoms with van der Waals surface area (Å²) in [4.78, 5) is 8.00. The quantitative estimate of drug-likeness (QED) is 0.497. The highest BCUT2D eigenvalue weighted by atomic mass is 127. The first kappa shape index (κ1) is 14.8. The minimum atomic E-state index is 0. The highest BCUT2D eigenvalue weighted by Gasteiger charge is 2.11. The van der Waals surface area contributed by atoms with Crippen LogP contribution in [-0.2, 0) is 6.54 Å². The number of hydrogen-bond donors (Lipinski definition) is 1. The van der Waals surface area contributed by atoms with Gasteiger partial charge in [0, 0.05) is 18.0 Å². The summed E-state index contributed by atoms with van der Waals surface area (Å²) in [7, 11) is 0. The number of thiophene rings is 1. The summed E-state index contributed by atoms with van der Waals surface area (Å²) in [6.45, 7) is 4.99. The van der Waals surface area contributed by atoms with Gasteiger partial charge in [-0.3, -0.25) is 0 Å². The summed E-state index contributed by atoms with van der Waals surface area (Å²) in [5.41, 5.74) is 7.32. The molecule has 1 fully saturated rings. The van der Waals surface area contributed by atoms with E-state index < -0.39 is 0 Å². The molecule has 0 atom stereocenters. The molecular formula is C12H20IN3S. The average Bonchev–Trinajstić information content (AvgIpc) is 2.73. The second-order valence-corrected chi connectivity index (χ2v) is 5.25. The lowest BCUT2D eigenvalue weighted by atomic mass is 10.1. The zero-order valence-electron chi connectivity index (χ0n) is 10.2. The minimum absolute atomic E-state index is 0. The number of piperidine rings is 1. The predicted molar refractivity (Wildman–Crippen MR) is 85.2 cm³/mol. The van der Waals surface area contributed by atoms with E-state index in [1.807, 2.05) is 0 Å². The number of hydrogen-bond acceptors (Lipinski definition) is 2. The van der Waals surface area contributed by atoms with Crippen molar-refractivity contribution in [1.29, 1.82) is 0 Å². The van der Waals surface area contributed by atoms with Gasteiger partial charge in [-0.15, -0.1) is 35.3 Å². The second kappa shape index (κ2) is 7.20. The van der Waals surface area contributed by atoms with Gasteiger partial charge in [-0.05, 0) is 43.2 Å². The third kappa shape index (κ3) is 4.13. The number of halogens is 1. The maximum Gasteiger partial charge on any atom is 0.191 e. The smallest absolute Gasteiger partial charge is 0.191 e. The third-order valence-corrected chi connectivity index (χ3v) is 4.04. The van der Waals surface area contributed by atoms with Crippen molar-refractivity contribution < 1.29 is 0 Å². The molecular weight excluding hydrogens is 345 g/mol. The van der Waals surface area contributed by atoms with Crippen molar-refractivity contribution >= 4 is 41.3 Å². The molecule has 0 aliphatic carbocycles. The fourth-order valence-corrected chi connectivity index (χ4v) is 2.77. The van der Waals surface area contributed by atoms with Crippen LogP contribution in [0.15, 0.2) is 16.4 Å². The average molecular weight is 365 g/mol. The maximum absolute atomic E-state index is 6.00. The van der Waals surface area contributed by atoms with E-state index >= 15 is 0 Å². The summed E-state index contributed by atoms with van der Waals surface area (Å²) in [5.74, 6) is 0.715. The number of likely N-dealkylation sites (tertiary alicyclic amines) is 1. The third-order valence-electron chi connectivity index (χ3n) is 3.03. The first-order chi connectivity index (χ1) is 7.77. The minimum Gasteiger partial charge on any atom is -0.370 e. The number of nitrogens with zero attached hydrogens (tertiary/aromatic N) is 2. The molecule has 2 N–H and O–H groups in total. The number of nitrogens with two attached hydrogens (primary N) is 1. The van der Waals surface area contributed by atoms with Gasteiger partial charge >= 0.3 is 0 Å². The molecule has 5 heteroatoms. The molecule has 1 aromatic rings. The largest absolute Gasteiger partial charge is 0.370 e. The van der Waals surface area contributed by atoms with Crippen LogP contribution in [0.2, 0.25) is 0 Å². The maximum atomic E-state index is 6.00. The first-order valence-corrected chi connectivity index (χ1v) is 6.73. The molecule has 2 rings (SSSR count). The van der Waals surface area contributed by atoms with Crippen LogP contribution in [0.3, 0.4) is 0 Å². The van der Waals surface area contributed by atoms with Gasteiger partial charge in [-0.2, -0.15) is 0 Å². The molecule has 1 aromatic heterocycles. The van der Waals surface area contributed by atoms with Crippen LogP contribution in [0.5, 0.6) is 0 Å². The number of aryl methyl sites for hydroxylation is 1.